The van der Waals surface area contributed by atoms with Crippen molar-refractivity contribution in [2.75, 3.05) is 5.32 Å². The van der Waals surface area contributed by atoms with Crippen molar-refractivity contribution in [3.8, 4) is 0 Å². The Morgan fingerprint density at radius 1 is 1.41 bits per heavy atom. The molecule has 17 heavy (non-hydrogen) atoms. The van der Waals surface area contributed by atoms with Crippen LogP contribution in [-0.4, -0.2) is 10.5 Å². The maximum Gasteiger partial charge on any atom is 0.292 e. The molecule has 0 radical (unpaired) electrons. The lowest BCUT2D eigenvalue weighted by atomic mass is 9.98. The first-order valence-corrected chi connectivity index (χ1v) is 5.93. The van der Waals surface area contributed by atoms with E-state index in [1.807, 2.05) is 13.0 Å². The van der Waals surface area contributed by atoms with Gasteiger partial charge in [-0.15, -0.1) is 0 Å². The summed E-state index contributed by atoms with van der Waals surface area (Å²) in [6.07, 6.45) is 2.42. The van der Waals surface area contributed by atoms with Gasteiger partial charge in [0.15, 0.2) is 0 Å². The molecule has 0 spiro atoms. The number of hydrogen-bond donors (Lipinski definition) is 1. The zero-order valence-corrected chi connectivity index (χ0v) is 10.5. The monoisotopic (exact) mass is 234 g/mol. The molecule has 1 aromatic carbocycles. The molecule has 1 aliphatic carbocycles. The van der Waals surface area contributed by atoms with Gasteiger partial charge in [-0.1, -0.05) is 6.07 Å². The van der Waals surface area contributed by atoms with Gasteiger partial charge < -0.3 is 5.32 Å². The summed E-state index contributed by atoms with van der Waals surface area (Å²) in [5, 5.41) is 14.3. The first-order chi connectivity index (χ1) is 7.90. The van der Waals surface area contributed by atoms with E-state index in [4.69, 9.17) is 0 Å². The van der Waals surface area contributed by atoms with Crippen LogP contribution in [-0.2, 0) is 0 Å². The van der Waals surface area contributed by atoms with Crippen molar-refractivity contribution >= 4 is 11.4 Å². The van der Waals surface area contributed by atoms with Crippen LogP contribution in [0, 0.1) is 23.0 Å². The smallest absolute Gasteiger partial charge is 0.292 e. The predicted octanol–water partition coefficient (Wildman–Crippen LogP) is 3.50. The second-order valence-electron chi connectivity index (χ2n) is 5.40. The van der Waals surface area contributed by atoms with Crippen LogP contribution in [0.3, 0.4) is 0 Å². The van der Waals surface area contributed by atoms with E-state index in [-0.39, 0.29) is 16.1 Å². The van der Waals surface area contributed by atoms with E-state index in [2.05, 4.69) is 19.2 Å². The van der Waals surface area contributed by atoms with E-state index in [9.17, 15) is 10.1 Å². The molecule has 0 atom stereocenters. The van der Waals surface area contributed by atoms with Gasteiger partial charge in [0.25, 0.3) is 5.69 Å². The fourth-order valence-electron chi connectivity index (χ4n) is 2.16. The molecule has 4 nitrogen and oxygen atoms in total. The van der Waals surface area contributed by atoms with Gasteiger partial charge in [0.2, 0.25) is 0 Å². The minimum atomic E-state index is -0.329. The predicted molar refractivity (Wildman–Crippen MR) is 68.3 cm³/mol. The van der Waals surface area contributed by atoms with Gasteiger partial charge in [-0.25, -0.2) is 0 Å². The average Bonchev–Trinajstić information content (AvgIpc) is 2.99. The van der Waals surface area contributed by atoms with Crippen LogP contribution in [0.1, 0.15) is 32.3 Å². The normalized spacial score (nSPS) is 15.7. The third-order valence-corrected chi connectivity index (χ3v) is 3.40. The quantitative estimate of drug-likeness (QED) is 0.640. The number of nitro groups is 1. The summed E-state index contributed by atoms with van der Waals surface area (Å²) in [7, 11) is 0. The van der Waals surface area contributed by atoms with Crippen LogP contribution in [0.25, 0.3) is 0 Å². The van der Waals surface area contributed by atoms with Gasteiger partial charge in [-0.05, 0) is 51.2 Å². The number of hydrogen-bond acceptors (Lipinski definition) is 3. The number of nitro benzene ring substituents is 1. The number of nitrogens with zero attached hydrogens (tertiary/aromatic N) is 1. The number of anilines is 1. The fraction of sp³-hybridized carbons (Fsp3) is 0.538. The van der Waals surface area contributed by atoms with Gasteiger partial charge in [-0.2, -0.15) is 0 Å². The Kier molecular flexibility index (Phi) is 2.81. The first-order valence-electron chi connectivity index (χ1n) is 5.93. The van der Waals surface area contributed by atoms with E-state index in [1.165, 1.54) is 12.8 Å². The molecule has 0 aromatic heterocycles. The summed E-state index contributed by atoms with van der Waals surface area (Å²) in [6, 6.07) is 5.19. The number of aryl methyl sites for hydroxylation is 1. The van der Waals surface area contributed by atoms with E-state index >= 15 is 0 Å². The van der Waals surface area contributed by atoms with Crippen LogP contribution in [0.4, 0.5) is 11.4 Å². The van der Waals surface area contributed by atoms with Crippen molar-refractivity contribution in [2.24, 2.45) is 5.92 Å². The highest BCUT2D eigenvalue weighted by molar-refractivity contribution is 5.63. The van der Waals surface area contributed by atoms with E-state index < -0.39 is 0 Å². The van der Waals surface area contributed by atoms with Crippen LogP contribution >= 0.6 is 0 Å². The molecular formula is C13H18N2O2. The summed E-state index contributed by atoms with van der Waals surface area (Å²) >= 11 is 0. The molecule has 0 bridgehead atoms. The third kappa shape index (κ3) is 2.57. The minimum absolute atomic E-state index is 0.0709. The Balaban J connectivity index is 2.30. The molecule has 1 aliphatic rings. The second kappa shape index (κ2) is 4.02. The lowest BCUT2D eigenvalue weighted by molar-refractivity contribution is -0.384. The summed E-state index contributed by atoms with van der Waals surface area (Å²) < 4.78 is 0. The molecule has 0 amide bonds. The topological polar surface area (TPSA) is 55.2 Å². The Hall–Kier alpha value is -1.58. The summed E-state index contributed by atoms with van der Waals surface area (Å²) in [6.45, 7) is 6.16. The van der Waals surface area contributed by atoms with Crippen molar-refractivity contribution in [3.05, 3.63) is 33.9 Å². The van der Waals surface area contributed by atoms with Gasteiger partial charge in [-0.3, -0.25) is 10.1 Å². The first kappa shape index (κ1) is 11.9. The molecule has 0 aliphatic heterocycles. The zero-order chi connectivity index (χ0) is 12.6. The van der Waals surface area contributed by atoms with Crippen molar-refractivity contribution in [3.63, 3.8) is 0 Å². The zero-order valence-electron chi connectivity index (χ0n) is 10.5. The molecular weight excluding hydrogens is 216 g/mol. The molecule has 1 aromatic rings. The van der Waals surface area contributed by atoms with Crippen LogP contribution < -0.4 is 5.32 Å². The van der Waals surface area contributed by atoms with Crippen molar-refractivity contribution < 1.29 is 4.92 Å². The Bertz CT molecular complexity index is 451. The number of nitrogens with one attached hydrogen (secondary N) is 1. The molecule has 1 fully saturated rings. The molecule has 92 valence electrons. The summed E-state index contributed by atoms with van der Waals surface area (Å²) in [5.74, 6) is 0.627. The molecule has 0 saturated heterocycles. The van der Waals surface area contributed by atoms with Crippen LogP contribution in [0.15, 0.2) is 18.2 Å². The van der Waals surface area contributed by atoms with E-state index in [0.29, 0.717) is 11.6 Å². The standard InChI is InChI=1S/C13H18N2O2/c1-9-4-7-12(15(16)17)11(8-9)14-13(2,3)10-5-6-10/h4,7-8,10,14H,5-6H2,1-3H3. The highest BCUT2D eigenvalue weighted by Gasteiger charge is 2.38. The largest absolute Gasteiger partial charge is 0.374 e. The lowest BCUT2D eigenvalue weighted by Crippen LogP contribution is -2.33. The fourth-order valence-corrected chi connectivity index (χ4v) is 2.16. The molecule has 4 heteroatoms. The van der Waals surface area contributed by atoms with Crippen LogP contribution in [0.5, 0.6) is 0 Å². The molecule has 1 saturated carbocycles. The minimum Gasteiger partial charge on any atom is -0.374 e. The molecule has 2 rings (SSSR count). The Morgan fingerprint density at radius 2 is 2.06 bits per heavy atom. The molecule has 0 unspecified atom stereocenters. The molecule has 0 heterocycles. The number of benzene rings is 1. The van der Waals surface area contributed by atoms with Gasteiger partial charge in [0.05, 0.1) is 4.92 Å². The lowest BCUT2D eigenvalue weighted by Gasteiger charge is -2.27. The van der Waals surface area contributed by atoms with E-state index in [1.54, 1.807) is 12.1 Å². The average molecular weight is 234 g/mol. The van der Waals surface area contributed by atoms with Crippen molar-refractivity contribution in [1.29, 1.82) is 0 Å². The third-order valence-electron chi connectivity index (χ3n) is 3.40. The van der Waals surface area contributed by atoms with Crippen molar-refractivity contribution in [2.45, 2.75) is 39.2 Å². The highest BCUT2D eigenvalue weighted by atomic mass is 16.6. The second-order valence-corrected chi connectivity index (χ2v) is 5.40. The highest BCUT2D eigenvalue weighted by Crippen LogP contribution is 2.42. The van der Waals surface area contributed by atoms with E-state index in [0.717, 1.165) is 5.56 Å². The SMILES string of the molecule is Cc1ccc([N+](=O)[O-])c(NC(C)(C)C2CC2)c1. The number of rotatable bonds is 4. The molecule has 1 N–H and O–H groups in total. The van der Waals surface area contributed by atoms with Gasteiger partial charge in [0.1, 0.15) is 5.69 Å². The summed E-state index contributed by atoms with van der Waals surface area (Å²) in [4.78, 5) is 10.6. The maximum atomic E-state index is 11.0. The van der Waals surface area contributed by atoms with Gasteiger partial charge >= 0.3 is 0 Å². The van der Waals surface area contributed by atoms with Crippen molar-refractivity contribution in [1.82, 2.24) is 0 Å². The maximum absolute atomic E-state index is 11.0. The van der Waals surface area contributed by atoms with Gasteiger partial charge in [0, 0.05) is 11.6 Å². The Morgan fingerprint density at radius 3 is 2.59 bits per heavy atom. The summed E-state index contributed by atoms with van der Waals surface area (Å²) in [5.41, 5.74) is 1.75. The van der Waals surface area contributed by atoms with Crippen LogP contribution in [0.2, 0.25) is 0 Å². The Labute approximate surface area is 101 Å².